The molecule has 0 fully saturated rings. The van der Waals surface area contributed by atoms with Gasteiger partial charge in [0.05, 0.1) is 6.20 Å². The van der Waals surface area contributed by atoms with Gasteiger partial charge in [-0.05, 0) is 0 Å². The fourth-order valence-corrected chi connectivity index (χ4v) is 1.04. The Labute approximate surface area is 82.9 Å². The molecule has 0 aliphatic heterocycles. The van der Waals surface area contributed by atoms with E-state index in [1.807, 2.05) is 6.07 Å². The van der Waals surface area contributed by atoms with Crippen molar-refractivity contribution >= 4 is 11.7 Å². The quantitative estimate of drug-likeness (QED) is 0.665. The number of rotatable bonds is 1. The molecule has 8 heteroatoms. The number of ether oxygens (including phenoxy) is 1. The highest BCUT2D eigenvalue weighted by Crippen LogP contribution is 2.14. The number of carbonyl (C=O) groups is 1. The number of amides is 1. The molecular weight excluding hydrogens is 200 g/mol. The number of imidazole rings is 1. The second kappa shape index (κ2) is 3.22. The van der Waals surface area contributed by atoms with Gasteiger partial charge in [0, 0.05) is 0 Å². The van der Waals surface area contributed by atoms with E-state index in [9.17, 15) is 4.79 Å². The van der Waals surface area contributed by atoms with Crippen molar-refractivity contribution in [2.24, 2.45) is 5.73 Å². The van der Waals surface area contributed by atoms with E-state index in [-0.39, 0.29) is 17.2 Å². The number of carbonyl (C=O) groups excluding carboxylic acids is 1. The molecule has 1 amide bonds. The van der Waals surface area contributed by atoms with Gasteiger partial charge in [0.2, 0.25) is 5.65 Å². The van der Waals surface area contributed by atoms with Crippen LogP contribution in [0.1, 0.15) is 5.69 Å². The number of nitriles is 1. The molecule has 2 rings (SSSR count). The smallest absolute Gasteiger partial charge is 0.387 e. The van der Waals surface area contributed by atoms with Crippen molar-refractivity contribution in [2.45, 2.75) is 0 Å². The molecule has 2 aromatic heterocycles. The maximum atomic E-state index is 10.5. The van der Waals surface area contributed by atoms with Crippen LogP contribution in [0.5, 0.6) is 5.88 Å². The van der Waals surface area contributed by atoms with Crippen LogP contribution in [0.4, 0.5) is 4.79 Å². The first kappa shape index (κ1) is 8.89. The molecule has 2 N–H and O–H groups in total. The van der Waals surface area contributed by atoms with Crippen molar-refractivity contribution in [3.05, 3.63) is 18.2 Å². The van der Waals surface area contributed by atoms with Gasteiger partial charge >= 0.3 is 6.09 Å². The zero-order valence-electron chi connectivity index (χ0n) is 7.28. The predicted molar refractivity (Wildman–Crippen MR) is 45.7 cm³/mol. The van der Waals surface area contributed by atoms with Crippen molar-refractivity contribution < 1.29 is 9.53 Å². The topological polar surface area (TPSA) is 119 Å². The fourth-order valence-electron chi connectivity index (χ4n) is 1.04. The lowest BCUT2D eigenvalue weighted by molar-refractivity contribution is 0.209. The van der Waals surface area contributed by atoms with E-state index in [4.69, 9.17) is 11.0 Å². The van der Waals surface area contributed by atoms with E-state index in [2.05, 4.69) is 19.8 Å². The number of primary amides is 1. The molecule has 8 nitrogen and oxygen atoms in total. The van der Waals surface area contributed by atoms with Crippen LogP contribution in [0.2, 0.25) is 0 Å². The summed E-state index contributed by atoms with van der Waals surface area (Å²) in [7, 11) is 0. The van der Waals surface area contributed by atoms with Crippen LogP contribution in [0.3, 0.4) is 0 Å². The largest absolute Gasteiger partial charge is 0.411 e. The van der Waals surface area contributed by atoms with Gasteiger partial charge in [0.15, 0.2) is 5.69 Å². The molecule has 0 bridgehead atoms. The van der Waals surface area contributed by atoms with Gasteiger partial charge in [-0.3, -0.25) is 0 Å². The Morgan fingerprint density at radius 3 is 3.07 bits per heavy atom. The summed E-state index contributed by atoms with van der Waals surface area (Å²) in [6.45, 7) is 0. The minimum Gasteiger partial charge on any atom is -0.387 e. The van der Waals surface area contributed by atoms with Gasteiger partial charge in [0.1, 0.15) is 12.4 Å². The molecule has 0 saturated carbocycles. The molecule has 0 spiro atoms. The summed E-state index contributed by atoms with van der Waals surface area (Å²) in [6.07, 6.45) is 1.42. The number of hydrogen-bond donors (Lipinski definition) is 1. The minimum absolute atomic E-state index is 0.0843. The van der Waals surface area contributed by atoms with Crippen molar-refractivity contribution in [3.63, 3.8) is 0 Å². The Bertz CT molecular complexity index is 568. The zero-order chi connectivity index (χ0) is 10.8. The highest BCUT2D eigenvalue weighted by Gasteiger charge is 2.12. The van der Waals surface area contributed by atoms with E-state index >= 15 is 0 Å². The lowest BCUT2D eigenvalue weighted by Gasteiger charge is -1.99. The lowest BCUT2D eigenvalue weighted by Crippen LogP contribution is -2.17. The summed E-state index contributed by atoms with van der Waals surface area (Å²) in [6, 6.07) is 1.87. The summed E-state index contributed by atoms with van der Waals surface area (Å²) in [5, 5.41) is 12.5. The average Bonchev–Trinajstić information content (AvgIpc) is 2.61. The molecule has 2 heterocycles. The molecule has 0 unspecified atom stereocenters. The highest BCUT2D eigenvalue weighted by molar-refractivity contribution is 5.70. The third-order valence-electron chi connectivity index (χ3n) is 1.58. The Hall–Kier alpha value is -2.69. The maximum Gasteiger partial charge on any atom is 0.411 e. The van der Waals surface area contributed by atoms with E-state index in [1.165, 1.54) is 10.7 Å². The fraction of sp³-hybridized carbons (Fsp3) is 0. The Balaban J connectivity index is 2.63. The van der Waals surface area contributed by atoms with Crippen LogP contribution in [0, 0.1) is 11.3 Å². The Kier molecular flexibility index (Phi) is 1.91. The zero-order valence-corrected chi connectivity index (χ0v) is 7.28. The van der Waals surface area contributed by atoms with Crippen LogP contribution < -0.4 is 10.5 Å². The Morgan fingerprint density at radius 2 is 2.40 bits per heavy atom. The second-order valence-electron chi connectivity index (χ2n) is 2.48. The molecule has 0 saturated heterocycles. The summed E-state index contributed by atoms with van der Waals surface area (Å²) in [5.41, 5.74) is 5.20. The standard InChI is InChI=1S/C7H4N6O2/c8-1-4-2-10-5-6(15-7(9)14)11-3-12-13(4)5/h2-3H,(H2,9,14). The van der Waals surface area contributed by atoms with E-state index in [0.29, 0.717) is 0 Å². The second-order valence-corrected chi connectivity index (χ2v) is 2.48. The molecule has 0 aliphatic carbocycles. The third kappa shape index (κ3) is 1.42. The number of hydrogen-bond acceptors (Lipinski definition) is 6. The average molecular weight is 204 g/mol. The molecular formula is C7H4N6O2. The summed E-state index contributed by atoms with van der Waals surface area (Å²) < 4.78 is 5.78. The van der Waals surface area contributed by atoms with Crippen LogP contribution >= 0.6 is 0 Å². The maximum absolute atomic E-state index is 10.5. The van der Waals surface area contributed by atoms with Gasteiger partial charge in [-0.25, -0.2) is 9.78 Å². The molecule has 0 radical (unpaired) electrons. The van der Waals surface area contributed by atoms with Crippen molar-refractivity contribution in [1.29, 1.82) is 5.26 Å². The summed E-state index contributed by atoms with van der Waals surface area (Å²) in [5.74, 6) is -0.0843. The SMILES string of the molecule is N#Cc1cnc2c(OC(N)=O)ncnn12. The number of fused-ring (bicyclic) bond motifs is 1. The van der Waals surface area contributed by atoms with Gasteiger partial charge in [-0.2, -0.15) is 19.9 Å². The van der Waals surface area contributed by atoms with Crippen LogP contribution in [0.15, 0.2) is 12.5 Å². The van der Waals surface area contributed by atoms with E-state index in [1.54, 1.807) is 0 Å². The van der Waals surface area contributed by atoms with Crippen molar-refractivity contribution in [2.75, 3.05) is 0 Å². The molecule has 74 valence electrons. The summed E-state index contributed by atoms with van der Waals surface area (Å²) >= 11 is 0. The van der Waals surface area contributed by atoms with Gasteiger partial charge in [0.25, 0.3) is 5.88 Å². The lowest BCUT2D eigenvalue weighted by atomic mass is 10.5. The summed E-state index contributed by atoms with van der Waals surface area (Å²) in [4.78, 5) is 18.0. The Morgan fingerprint density at radius 1 is 1.60 bits per heavy atom. The minimum atomic E-state index is -1.00. The van der Waals surface area contributed by atoms with Crippen LogP contribution in [0.25, 0.3) is 5.65 Å². The van der Waals surface area contributed by atoms with Gasteiger partial charge in [-0.1, -0.05) is 0 Å². The first-order valence-electron chi connectivity index (χ1n) is 3.78. The van der Waals surface area contributed by atoms with Crippen molar-refractivity contribution in [1.82, 2.24) is 19.6 Å². The first-order valence-corrected chi connectivity index (χ1v) is 3.78. The molecule has 0 atom stereocenters. The van der Waals surface area contributed by atoms with Gasteiger partial charge < -0.3 is 10.5 Å². The number of aromatic nitrogens is 4. The highest BCUT2D eigenvalue weighted by atomic mass is 16.6. The molecule has 15 heavy (non-hydrogen) atoms. The molecule has 0 aromatic carbocycles. The normalized spacial score (nSPS) is 9.80. The van der Waals surface area contributed by atoms with Crippen LogP contribution in [-0.2, 0) is 0 Å². The molecule has 2 aromatic rings. The first-order chi connectivity index (χ1) is 7.22. The third-order valence-corrected chi connectivity index (χ3v) is 1.58. The van der Waals surface area contributed by atoms with E-state index < -0.39 is 6.09 Å². The van der Waals surface area contributed by atoms with Crippen molar-refractivity contribution in [3.8, 4) is 11.9 Å². The predicted octanol–water partition coefficient (Wildman–Crippen LogP) is -0.547. The number of nitrogens with two attached hydrogens (primary N) is 1. The van der Waals surface area contributed by atoms with E-state index in [0.717, 1.165) is 6.33 Å². The molecule has 0 aliphatic rings. The monoisotopic (exact) mass is 204 g/mol. The van der Waals surface area contributed by atoms with Gasteiger partial charge in [-0.15, -0.1) is 0 Å². The van der Waals surface area contributed by atoms with Crippen LogP contribution in [-0.4, -0.2) is 25.7 Å². The number of nitrogens with zero attached hydrogens (tertiary/aromatic N) is 5.